The fourth-order valence-electron chi connectivity index (χ4n) is 3.12. The maximum atomic E-state index is 12.6. The van der Waals surface area contributed by atoms with Gasteiger partial charge in [-0.25, -0.2) is 0 Å². The maximum absolute atomic E-state index is 12.6. The number of carbonyl (C=O) groups excluding carboxylic acids is 1. The van der Waals surface area contributed by atoms with Gasteiger partial charge in [-0.15, -0.1) is 0 Å². The van der Waals surface area contributed by atoms with Crippen LogP contribution in [0.4, 0.5) is 0 Å². The average molecular weight is 317 g/mol. The SMILES string of the molecule is CCN(Cc1ccccc1)C(=O)CN1CCN(CC(C)C)CC1. The van der Waals surface area contributed by atoms with Crippen LogP contribution in [-0.2, 0) is 11.3 Å². The monoisotopic (exact) mass is 317 g/mol. The maximum Gasteiger partial charge on any atom is 0.237 e. The van der Waals surface area contributed by atoms with Crippen molar-refractivity contribution in [3.05, 3.63) is 35.9 Å². The molecule has 1 aromatic carbocycles. The summed E-state index contributed by atoms with van der Waals surface area (Å²) >= 11 is 0. The molecule has 0 bridgehead atoms. The third-order valence-corrected chi connectivity index (χ3v) is 4.40. The molecule has 1 aromatic rings. The van der Waals surface area contributed by atoms with Crippen LogP contribution in [0.15, 0.2) is 30.3 Å². The van der Waals surface area contributed by atoms with Crippen LogP contribution < -0.4 is 0 Å². The molecule has 1 fully saturated rings. The molecule has 2 rings (SSSR count). The van der Waals surface area contributed by atoms with Crippen LogP contribution in [-0.4, -0.2) is 66.4 Å². The quantitative estimate of drug-likeness (QED) is 0.772. The Morgan fingerprint density at radius 2 is 1.70 bits per heavy atom. The van der Waals surface area contributed by atoms with Crippen molar-refractivity contribution in [3.63, 3.8) is 0 Å². The molecule has 0 atom stereocenters. The molecule has 0 radical (unpaired) electrons. The smallest absolute Gasteiger partial charge is 0.237 e. The van der Waals surface area contributed by atoms with Crippen LogP contribution in [0.2, 0.25) is 0 Å². The summed E-state index contributed by atoms with van der Waals surface area (Å²) in [5.41, 5.74) is 1.20. The second kappa shape index (κ2) is 9.04. The van der Waals surface area contributed by atoms with Gasteiger partial charge < -0.3 is 9.80 Å². The molecule has 0 aromatic heterocycles. The van der Waals surface area contributed by atoms with Gasteiger partial charge in [0.25, 0.3) is 0 Å². The lowest BCUT2D eigenvalue weighted by Gasteiger charge is -2.36. The van der Waals surface area contributed by atoms with Crippen LogP contribution in [0.1, 0.15) is 26.3 Å². The second-order valence-electron chi connectivity index (χ2n) is 6.86. The summed E-state index contributed by atoms with van der Waals surface area (Å²) in [7, 11) is 0. The predicted octanol–water partition coefficient (Wildman–Crippen LogP) is 2.31. The van der Waals surface area contributed by atoms with Crippen LogP contribution in [0.5, 0.6) is 0 Å². The first-order chi connectivity index (χ1) is 11.1. The number of carbonyl (C=O) groups is 1. The highest BCUT2D eigenvalue weighted by Crippen LogP contribution is 2.08. The van der Waals surface area contributed by atoms with Gasteiger partial charge in [-0.05, 0) is 18.4 Å². The van der Waals surface area contributed by atoms with E-state index in [9.17, 15) is 4.79 Å². The predicted molar refractivity (Wildman–Crippen MR) is 95.3 cm³/mol. The lowest BCUT2D eigenvalue weighted by molar-refractivity contribution is -0.133. The zero-order valence-electron chi connectivity index (χ0n) is 14.9. The summed E-state index contributed by atoms with van der Waals surface area (Å²) in [5.74, 6) is 0.957. The normalized spacial score (nSPS) is 16.7. The molecule has 1 heterocycles. The van der Waals surface area contributed by atoms with E-state index >= 15 is 0 Å². The molecule has 0 spiro atoms. The standard InChI is InChI=1S/C19H31N3O/c1-4-22(15-18-8-6-5-7-9-18)19(23)16-21-12-10-20(11-13-21)14-17(2)3/h5-9,17H,4,10-16H2,1-3H3. The van der Waals surface area contributed by atoms with Gasteiger partial charge in [0.15, 0.2) is 0 Å². The minimum absolute atomic E-state index is 0.244. The Morgan fingerprint density at radius 1 is 1.09 bits per heavy atom. The minimum atomic E-state index is 0.244. The minimum Gasteiger partial charge on any atom is -0.338 e. The number of likely N-dealkylation sites (N-methyl/N-ethyl adjacent to an activating group) is 1. The van der Waals surface area contributed by atoms with Crippen molar-refractivity contribution in [2.45, 2.75) is 27.3 Å². The van der Waals surface area contributed by atoms with Gasteiger partial charge in [0.05, 0.1) is 6.54 Å². The van der Waals surface area contributed by atoms with Crippen molar-refractivity contribution in [2.75, 3.05) is 45.8 Å². The molecule has 1 aliphatic rings. The number of nitrogens with zero attached hydrogens (tertiary/aromatic N) is 3. The fraction of sp³-hybridized carbons (Fsp3) is 0.632. The van der Waals surface area contributed by atoms with Gasteiger partial charge in [0, 0.05) is 45.8 Å². The van der Waals surface area contributed by atoms with E-state index in [1.807, 2.05) is 23.1 Å². The molecule has 128 valence electrons. The number of rotatable bonds is 7. The van der Waals surface area contributed by atoms with Crippen molar-refractivity contribution < 1.29 is 4.79 Å². The highest BCUT2D eigenvalue weighted by Gasteiger charge is 2.21. The van der Waals surface area contributed by atoms with Crippen molar-refractivity contribution in [1.29, 1.82) is 0 Å². The van der Waals surface area contributed by atoms with Crippen molar-refractivity contribution >= 4 is 5.91 Å². The summed E-state index contributed by atoms with van der Waals surface area (Å²) in [5, 5.41) is 0. The first kappa shape index (κ1) is 18.0. The van der Waals surface area contributed by atoms with Gasteiger partial charge in [-0.2, -0.15) is 0 Å². The average Bonchev–Trinajstić information content (AvgIpc) is 2.55. The number of hydrogen-bond donors (Lipinski definition) is 0. The largest absolute Gasteiger partial charge is 0.338 e. The Kier molecular flexibility index (Phi) is 7.06. The van der Waals surface area contributed by atoms with Gasteiger partial charge in [-0.3, -0.25) is 9.69 Å². The summed E-state index contributed by atoms with van der Waals surface area (Å²) in [6.07, 6.45) is 0. The lowest BCUT2D eigenvalue weighted by atomic mass is 10.2. The van der Waals surface area contributed by atoms with E-state index in [0.717, 1.165) is 39.3 Å². The number of amides is 1. The number of hydrogen-bond acceptors (Lipinski definition) is 3. The third-order valence-electron chi connectivity index (χ3n) is 4.40. The molecule has 4 heteroatoms. The molecule has 4 nitrogen and oxygen atoms in total. The highest BCUT2D eigenvalue weighted by atomic mass is 16.2. The molecule has 1 aliphatic heterocycles. The molecule has 0 aliphatic carbocycles. The van der Waals surface area contributed by atoms with Crippen molar-refractivity contribution in [1.82, 2.24) is 14.7 Å². The van der Waals surface area contributed by atoms with E-state index in [2.05, 4.69) is 42.7 Å². The van der Waals surface area contributed by atoms with E-state index < -0.39 is 0 Å². The van der Waals surface area contributed by atoms with Gasteiger partial charge in [-0.1, -0.05) is 44.2 Å². The molecule has 1 saturated heterocycles. The Balaban J connectivity index is 1.79. The third kappa shape index (κ3) is 5.96. The van der Waals surface area contributed by atoms with Gasteiger partial charge in [0.1, 0.15) is 0 Å². The first-order valence-corrected chi connectivity index (χ1v) is 8.85. The molecular weight excluding hydrogens is 286 g/mol. The summed E-state index contributed by atoms with van der Waals surface area (Å²) in [6.45, 7) is 13.9. The summed E-state index contributed by atoms with van der Waals surface area (Å²) < 4.78 is 0. The van der Waals surface area contributed by atoms with E-state index in [4.69, 9.17) is 0 Å². The first-order valence-electron chi connectivity index (χ1n) is 8.85. The zero-order chi connectivity index (χ0) is 16.7. The Hall–Kier alpha value is -1.39. The van der Waals surface area contributed by atoms with Crippen molar-refractivity contribution in [3.8, 4) is 0 Å². The molecule has 0 saturated carbocycles. The summed E-state index contributed by atoms with van der Waals surface area (Å²) in [4.78, 5) is 19.3. The highest BCUT2D eigenvalue weighted by molar-refractivity contribution is 5.78. The zero-order valence-corrected chi connectivity index (χ0v) is 14.9. The molecule has 23 heavy (non-hydrogen) atoms. The molecule has 1 amide bonds. The Morgan fingerprint density at radius 3 is 2.26 bits per heavy atom. The fourth-order valence-corrected chi connectivity index (χ4v) is 3.12. The molecule has 0 N–H and O–H groups in total. The molecular formula is C19H31N3O. The number of benzene rings is 1. The van der Waals surface area contributed by atoms with Crippen LogP contribution in [0, 0.1) is 5.92 Å². The topological polar surface area (TPSA) is 26.8 Å². The Bertz CT molecular complexity index is 467. The molecule has 0 unspecified atom stereocenters. The van der Waals surface area contributed by atoms with Crippen LogP contribution in [0.3, 0.4) is 0 Å². The van der Waals surface area contributed by atoms with Gasteiger partial charge >= 0.3 is 0 Å². The second-order valence-corrected chi connectivity index (χ2v) is 6.86. The van der Waals surface area contributed by atoms with E-state index in [1.54, 1.807) is 0 Å². The lowest BCUT2D eigenvalue weighted by Crippen LogP contribution is -2.50. The van der Waals surface area contributed by atoms with E-state index in [-0.39, 0.29) is 5.91 Å². The van der Waals surface area contributed by atoms with E-state index in [1.165, 1.54) is 5.56 Å². The number of piperazine rings is 1. The van der Waals surface area contributed by atoms with E-state index in [0.29, 0.717) is 19.0 Å². The van der Waals surface area contributed by atoms with Crippen LogP contribution >= 0.6 is 0 Å². The Labute approximate surface area is 141 Å². The van der Waals surface area contributed by atoms with Gasteiger partial charge in [0.2, 0.25) is 5.91 Å². The van der Waals surface area contributed by atoms with Crippen LogP contribution in [0.25, 0.3) is 0 Å². The summed E-state index contributed by atoms with van der Waals surface area (Å²) in [6, 6.07) is 10.2. The van der Waals surface area contributed by atoms with Crippen molar-refractivity contribution in [2.24, 2.45) is 5.92 Å².